The molecule has 0 aliphatic rings. The first-order valence-electron chi connectivity index (χ1n) is 13.5. The summed E-state index contributed by atoms with van der Waals surface area (Å²) >= 11 is 0. The van der Waals surface area contributed by atoms with Gasteiger partial charge >= 0.3 is 0 Å². The molecule has 0 heterocycles. The number of hydrogen-bond acceptors (Lipinski definition) is 6. The third-order valence-corrected chi connectivity index (χ3v) is 6.63. The number of hydrazine groups is 2. The molecule has 6 N–H and O–H groups in total. The second-order valence-corrected chi connectivity index (χ2v) is 9.67. The number of amides is 4. The Morgan fingerprint density at radius 3 is 1.41 bits per heavy atom. The van der Waals surface area contributed by atoms with Crippen molar-refractivity contribution < 1.29 is 19.2 Å². The molecule has 5 aromatic rings. The third kappa shape index (κ3) is 6.85. The molecule has 0 aromatic heterocycles. The summed E-state index contributed by atoms with van der Waals surface area (Å²) in [5, 5.41) is 7.49. The average Bonchev–Trinajstić information content (AvgIpc) is 3.08. The minimum absolute atomic E-state index is 0.202. The number of hydrogen-bond donors (Lipinski definition) is 4. The van der Waals surface area contributed by atoms with E-state index in [-0.39, 0.29) is 28.2 Å². The predicted molar refractivity (Wildman–Crippen MR) is 170 cm³/mol. The van der Waals surface area contributed by atoms with Gasteiger partial charge in [-0.1, -0.05) is 54.6 Å². The van der Waals surface area contributed by atoms with Crippen LogP contribution in [0.25, 0.3) is 0 Å². The number of nitrogens with zero attached hydrogens (tertiary/aromatic N) is 2. The van der Waals surface area contributed by atoms with Crippen molar-refractivity contribution in [3.63, 3.8) is 0 Å². The van der Waals surface area contributed by atoms with Gasteiger partial charge in [0.05, 0.1) is 11.4 Å². The van der Waals surface area contributed by atoms with Gasteiger partial charge in [0.15, 0.2) is 0 Å². The molecule has 218 valence electrons. The number of carbonyl (C=O) groups is 4. The van der Waals surface area contributed by atoms with Gasteiger partial charge in [0.25, 0.3) is 23.6 Å². The average molecular weight is 585 g/mol. The van der Waals surface area contributed by atoms with Crippen LogP contribution < -0.4 is 32.3 Å². The van der Waals surface area contributed by atoms with E-state index in [1.54, 1.807) is 103 Å². The van der Waals surface area contributed by atoms with Crippen LogP contribution in [0.1, 0.15) is 41.4 Å². The Kier molecular flexibility index (Phi) is 8.85. The number of nitrogens with one attached hydrogen (secondary N) is 2. The quantitative estimate of drug-likeness (QED) is 0.111. The van der Waals surface area contributed by atoms with Gasteiger partial charge in [-0.05, 0) is 78.9 Å². The number of anilines is 4. The molecule has 0 aliphatic heterocycles. The topological polar surface area (TPSA) is 151 Å². The molecule has 0 aliphatic carbocycles. The van der Waals surface area contributed by atoms with Crippen LogP contribution in [0.4, 0.5) is 22.7 Å². The van der Waals surface area contributed by atoms with Gasteiger partial charge in [0.2, 0.25) is 0 Å². The summed E-state index contributed by atoms with van der Waals surface area (Å²) in [4.78, 5) is 51.9. The lowest BCUT2D eigenvalue weighted by molar-refractivity contribution is 0.0978. The summed E-state index contributed by atoms with van der Waals surface area (Å²) < 4.78 is 0. The Hall–Kier alpha value is -6.10. The van der Waals surface area contributed by atoms with E-state index in [1.165, 1.54) is 18.2 Å². The fraction of sp³-hybridized carbons (Fsp3) is 0. The van der Waals surface area contributed by atoms with Gasteiger partial charge in [-0.2, -0.15) is 0 Å². The van der Waals surface area contributed by atoms with E-state index in [0.717, 1.165) is 10.0 Å². The summed E-state index contributed by atoms with van der Waals surface area (Å²) in [6.45, 7) is 0. The minimum Gasteiger partial charge on any atom is -0.322 e. The van der Waals surface area contributed by atoms with E-state index in [9.17, 15) is 19.2 Å². The first-order chi connectivity index (χ1) is 21.3. The van der Waals surface area contributed by atoms with Crippen LogP contribution in [-0.4, -0.2) is 23.6 Å². The van der Waals surface area contributed by atoms with Crippen molar-refractivity contribution in [1.29, 1.82) is 0 Å². The molecule has 0 radical (unpaired) electrons. The largest absolute Gasteiger partial charge is 0.322 e. The highest BCUT2D eigenvalue weighted by molar-refractivity contribution is 6.11. The third-order valence-electron chi connectivity index (χ3n) is 6.63. The van der Waals surface area contributed by atoms with Gasteiger partial charge in [-0.25, -0.2) is 21.7 Å². The maximum absolute atomic E-state index is 13.2. The van der Waals surface area contributed by atoms with Crippen molar-refractivity contribution in [2.75, 3.05) is 20.7 Å². The van der Waals surface area contributed by atoms with E-state index in [4.69, 9.17) is 11.7 Å². The van der Waals surface area contributed by atoms with Crippen LogP contribution in [0.5, 0.6) is 0 Å². The van der Waals surface area contributed by atoms with Crippen LogP contribution in [-0.2, 0) is 0 Å². The van der Waals surface area contributed by atoms with Crippen molar-refractivity contribution >= 4 is 46.4 Å². The van der Waals surface area contributed by atoms with Crippen molar-refractivity contribution in [1.82, 2.24) is 0 Å². The highest BCUT2D eigenvalue weighted by atomic mass is 16.2. The lowest BCUT2D eigenvalue weighted by Crippen LogP contribution is -2.37. The maximum atomic E-state index is 13.2. The van der Waals surface area contributed by atoms with E-state index < -0.39 is 17.7 Å². The Morgan fingerprint density at radius 2 is 0.841 bits per heavy atom. The Labute approximate surface area is 253 Å². The summed E-state index contributed by atoms with van der Waals surface area (Å²) in [6, 6.07) is 36.5. The summed E-state index contributed by atoms with van der Waals surface area (Å²) in [7, 11) is 0. The molecule has 5 aromatic carbocycles. The molecule has 0 saturated heterocycles. The van der Waals surface area contributed by atoms with Crippen molar-refractivity contribution in [3.8, 4) is 0 Å². The van der Waals surface area contributed by atoms with Gasteiger partial charge in [-0.3, -0.25) is 19.2 Å². The molecular formula is C34H28N6O4. The molecule has 0 bridgehead atoms. The summed E-state index contributed by atoms with van der Waals surface area (Å²) in [5.41, 5.74) is 2.76. The molecule has 0 saturated carbocycles. The zero-order chi connectivity index (χ0) is 31.1. The molecule has 5 rings (SSSR count). The number of rotatable bonds is 8. The van der Waals surface area contributed by atoms with Gasteiger partial charge in [-0.15, -0.1) is 0 Å². The number of para-hydroxylation sites is 2. The van der Waals surface area contributed by atoms with E-state index in [1.807, 2.05) is 12.1 Å². The first-order valence-corrected chi connectivity index (χ1v) is 13.5. The molecule has 10 heteroatoms. The summed E-state index contributed by atoms with van der Waals surface area (Å²) in [5.74, 6) is 10.3. The predicted octanol–water partition coefficient (Wildman–Crippen LogP) is 5.23. The first kappa shape index (κ1) is 29.4. The molecule has 0 fully saturated rings. The Bertz CT molecular complexity index is 1830. The molecule has 44 heavy (non-hydrogen) atoms. The standard InChI is InChI=1S/C34H28N6O4/c35-39(29-17-5-2-6-18-29)33(43)25-12-8-11-24(21-25)32(42)38-28-16-9-19-30(22-28)40(36)34(44)26-13-7-10-23(20-26)31(41)37-27-14-3-1-4-15-27/h1-22H,35-36H2,(H,37,41)(H,38,42). The zero-order valence-electron chi connectivity index (χ0n) is 23.4. The molecule has 0 unspecified atom stereocenters. The number of nitrogens with two attached hydrogens (primary N) is 2. The maximum Gasteiger partial charge on any atom is 0.272 e. The lowest BCUT2D eigenvalue weighted by atomic mass is 10.1. The Balaban J connectivity index is 1.27. The monoisotopic (exact) mass is 584 g/mol. The number of carbonyl (C=O) groups excluding carboxylic acids is 4. The van der Waals surface area contributed by atoms with Gasteiger partial charge < -0.3 is 10.6 Å². The van der Waals surface area contributed by atoms with Crippen LogP contribution in [0.2, 0.25) is 0 Å². The second-order valence-electron chi connectivity index (χ2n) is 9.67. The van der Waals surface area contributed by atoms with Crippen LogP contribution >= 0.6 is 0 Å². The fourth-order valence-electron chi connectivity index (χ4n) is 4.35. The SMILES string of the molecule is NN(C(=O)c1cccc(C(=O)Nc2cccc(N(N)C(=O)c3cccc(C(=O)Nc4ccccc4)c3)c2)c1)c1ccccc1. The fourth-order valence-corrected chi connectivity index (χ4v) is 4.35. The summed E-state index contributed by atoms with van der Waals surface area (Å²) in [6.07, 6.45) is 0. The van der Waals surface area contributed by atoms with Crippen LogP contribution in [0.15, 0.2) is 133 Å². The zero-order valence-corrected chi connectivity index (χ0v) is 23.4. The lowest BCUT2D eigenvalue weighted by Gasteiger charge is -2.18. The highest BCUT2D eigenvalue weighted by Crippen LogP contribution is 2.21. The molecule has 4 amide bonds. The van der Waals surface area contributed by atoms with Crippen molar-refractivity contribution in [2.45, 2.75) is 0 Å². The Morgan fingerprint density at radius 1 is 0.432 bits per heavy atom. The van der Waals surface area contributed by atoms with Crippen molar-refractivity contribution in [3.05, 3.63) is 156 Å². The number of benzene rings is 5. The van der Waals surface area contributed by atoms with Crippen molar-refractivity contribution in [2.24, 2.45) is 11.7 Å². The normalized spacial score (nSPS) is 10.4. The van der Waals surface area contributed by atoms with Crippen LogP contribution in [0.3, 0.4) is 0 Å². The van der Waals surface area contributed by atoms with E-state index in [0.29, 0.717) is 22.7 Å². The van der Waals surface area contributed by atoms with Gasteiger partial charge in [0.1, 0.15) is 0 Å². The molecule has 10 nitrogen and oxygen atoms in total. The van der Waals surface area contributed by atoms with E-state index in [2.05, 4.69) is 10.6 Å². The molecule has 0 atom stereocenters. The van der Waals surface area contributed by atoms with Crippen LogP contribution in [0, 0.1) is 0 Å². The molecular weight excluding hydrogens is 556 g/mol. The smallest absolute Gasteiger partial charge is 0.272 e. The highest BCUT2D eigenvalue weighted by Gasteiger charge is 2.19. The second kappa shape index (κ2) is 13.3. The van der Waals surface area contributed by atoms with E-state index >= 15 is 0 Å². The minimum atomic E-state index is -0.557. The molecule has 0 spiro atoms. The van der Waals surface area contributed by atoms with Gasteiger partial charge in [0, 0.05) is 33.6 Å².